The maximum absolute atomic E-state index is 12.2. The van der Waals surface area contributed by atoms with Crippen LogP contribution in [0.4, 0.5) is 5.69 Å². The van der Waals surface area contributed by atoms with Gasteiger partial charge in [0.2, 0.25) is 5.91 Å². The van der Waals surface area contributed by atoms with Crippen LogP contribution in [0.3, 0.4) is 0 Å². The van der Waals surface area contributed by atoms with Crippen molar-refractivity contribution in [1.29, 1.82) is 0 Å². The summed E-state index contributed by atoms with van der Waals surface area (Å²) >= 11 is 1.25. The van der Waals surface area contributed by atoms with E-state index >= 15 is 0 Å². The molecule has 4 rings (SSSR count). The standard InChI is InChI=1S/C19H17N3O2S/c23-17(20-14-9-8-12-4-1-2-5-13(12)10-14)11-25-19-21-16-7-3-6-15(16)18(24)22-19/h1-2,4-5,8-10H,3,6-7,11H2,(H,20,23)(H,21,22,24). The van der Waals surface area contributed by atoms with Crippen molar-refractivity contribution >= 4 is 34.1 Å². The first-order chi connectivity index (χ1) is 12.2. The van der Waals surface area contributed by atoms with Crippen LogP contribution in [0.15, 0.2) is 52.4 Å². The van der Waals surface area contributed by atoms with Gasteiger partial charge in [-0.3, -0.25) is 9.59 Å². The topological polar surface area (TPSA) is 74.8 Å². The van der Waals surface area contributed by atoms with E-state index in [0.29, 0.717) is 5.16 Å². The van der Waals surface area contributed by atoms with Gasteiger partial charge in [-0.2, -0.15) is 0 Å². The highest BCUT2D eigenvalue weighted by molar-refractivity contribution is 7.99. The van der Waals surface area contributed by atoms with Crippen LogP contribution in [0.2, 0.25) is 0 Å². The van der Waals surface area contributed by atoms with Crippen molar-refractivity contribution in [3.63, 3.8) is 0 Å². The van der Waals surface area contributed by atoms with Crippen LogP contribution in [-0.2, 0) is 17.6 Å². The quantitative estimate of drug-likeness (QED) is 0.559. The molecule has 0 aliphatic heterocycles. The van der Waals surface area contributed by atoms with E-state index in [9.17, 15) is 9.59 Å². The number of carbonyl (C=O) groups is 1. The second-order valence-electron chi connectivity index (χ2n) is 6.05. The molecule has 1 aliphatic rings. The Morgan fingerprint density at radius 3 is 2.88 bits per heavy atom. The number of fused-ring (bicyclic) bond motifs is 2. The molecule has 1 heterocycles. The fourth-order valence-corrected chi connectivity index (χ4v) is 3.76. The summed E-state index contributed by atoms with van der Waals surface area (Å²) in [5.74, 6) is 0.0811. The minimum atomic E-state index is -0.122. The molecule has 1 aromatic heterocycles. The molecule has 0 radical (unpaired) electrons. The van der Waals surface area contributed by atoms with Gasteiger partial charge in [0.15, 0.2) is 5.16 Å². The number of benzene rings is 2. The minimum Gasteiger partial charge on any atom is -0.325 e. The van der Waals surface area contributed by atoms with Gasteiger partial charge in [-0.15, -0.1) is 0 Å². The number of H-pyrrole nitrogens is 1. The Hall–Kier alpha value is -2.60. The number of hydrogen-bond acceptors (Lipinski definition) is 4. The molecule has 1 amide bonds. The van der Waals surface area contributed by atoms with Crippen molar-refractivity contribution in [3.8, 4) is 0 Å². The first kappa shape index (κ1) is 15.9. The largest absolute Gasteiger partial charge is 0.325 e. The van der Waals surface area contributed by atoms with E-state index in [0.717, 1.165) is 47.0 Å². The van der Waals surface area contributed by atoms with Gasteiger partial charge in [0.25, 0.3) is 5.56 Å². The van der Waals surface area contributed by atoms with E-state index in [1.807, 2.05) is 42.5 Å². The van der Waals surface area contributed by atoms with Gasteiger partial charge < -0.3 is 10.3 Å². The lowest BCUT2D eigenvalue weighted by atomic mass is 10.1. The van der Waals surface area contributed by atoms with Crippen LogP contribution < -0.4 is 10.9 Å². The molecule has 0 fully saturated rings. The zero-order valence-corrected chi connectivity index (χ0v) is 14.4. The summed E-state index contributed by atoms with van der Waals surface area (Å²) < 4.78 is 0. The number of aryl methyl sites for hydroxylation is 1. The van der Waals surface area contributed by atoms with Crippen LogP contribution in [0.1, 0.15) is 17.7 Å². The van der Waals surface area contributed by atoms with E-state index in [1.165, 1.54) is 11.8 Å². The van der Waals surface area contributed by atoms with E-state index in [4.69, 9.17) is 0 Å². The lowest BCUT2D eigenvalue weighted by Crippen LogP contribution is -2.17. The molecular weight excluding hydrogens is 334 g/mol. The number of anilines is 1. The van der Waals surface area contributed by atoms with Gasteiger partial charge in [0.05, 0.1) is 11.4 Å². The van der Waals surface area contributed by atoms with Crippen LogP contribution >= 0.6 is 11.8 Å². The molecule has 2 N–H and O–H groups in total. The van der Waals surface area contributed by atoms with E-state index in [2.05, 4.69) is 15.3 Å². The minimum absolute atomic E-state index is 0.0695. The molecule has 0 atom stereocenters. The molecule has 1 aliphatic carbocycles. The van der Waals surface area contributed by atoms with Crippen LogP contribution in [0, 0.1) is 0 Å². The average molecular weight is 351 g/mol. The van der Waals surface area contributed by atoms with Crippen LogP contribution in [0.5, 0.6) is 0 Å². The summed E-state index contributed by atoms with van der Waals surface area (Å²) in [6.07, 6.45) is 2.61. The molecule has 2 aromatic carbocycles. The van der Waals surface area contributed by atoms with Crippen molar-refractivity contribution in [2.45, 2.75) is 24.4 Å². The third kappa shape index (κ3) is 3.44. The Kier molecular flexibility index (Phi) is 4.28. The lowest BCUT2D eigenvalue weighted by Gasteiger charge is -2.07. The normalized spacial score (nSPS) is 13.0. The second-order valence-corrected chi connectivity index (χ2v) is 7.01. The maximum Gasteiger partial charge on any atom is 0.254 e. The fraction of sp³-hybridized carbons (Fsp3) is 0.211. The van der Waals surface area contributed by atoms with E-state index in [1.54, 1.807) is 0 Å². The molecular formula is C19H17N3O2S. The third-order valence-corrected chi connectivity index (χ3v) is 5.17. The number of nitrogens with one attached hydrogen (secondary N) is 2. The molecule has 5 nitrogen and oxygen atoms in total. The van der Waals surface area contributed by atoms with Crippen molar-refractivity contribution in [1.82, 2.24) is 9.97 Å². The lowest BCUT2D eigenvalue weighted by molar-refractivity contribution is -0.113. The number of nitrogens with zero attached hydrogens (tertiary/aromatic N) is 1. The predicted octanol–water partition coefficient (Wildman–Crippen LogP) is 3.14. The summed E-state index contributed by atoms with van der Waals surface area (Å²) in [5.41, 5.74) is 2.37. The Morgan fingerprint density at radius 2 is 2.00 bits per heavy atom. The Labute approximate surface area is 148 Å². The summed E-state index contributed by atoms with van der Waals surface area (Å²) in [4.78, 5) is 31.4. The highest BCUT2D eigenvalue weighted by Crippen LogP contribution is 2.21. The maximum atomic E-state index is 12.2. The summed E-state index contributed by atoms with van der Waals surface area (Å²) in [6.45, 7) is 0. The van der Waals surface area contributed by atoms with Crippen molar-refractivity contribution < 1.29 is 4.79 Å². The SMILES string of the molecule is O=C(CSc1nc2c(c(=O)[nH]1)CCC2)Nc1ccc2ccccc2c1. The van der Waals surface area contributed by atoms with Gasteiger partial charge in [0.1, 0.15) is 0 Å². The third-order valence-electron chi connectivity index (χ3n) is 4.29. The molecule has 0 unspecified atom stereocenters. The second kappa shape index (κ2) is 6.72. The molecule has 0 saturated heterocycles. The first-order valence-electron chi connectivity index (χ1n) is 8.22. The number of aromatic amines is 1. The van der Waals surface area contributed by atoms with Gasteiger partial charge in [0, 0.05) is 11.3 Å². The number of amides is 1. The Balaban J connectivity index is 1.42. The van der Waals surface area contributed by atoms with Gasteiger partial charge in [-0.25, -0.2) is 4.98 Å². The highest BCUT2D eigenvalue weighted by Gasteiger charge is 2.17. The molecule has 3 aromatic rings. The van der Waals surface area contributed by atoms with E-state index in [-0.39, 0.29) is 17.2 Å². The fourth-order valence-electron chi connectivity index (χ4n) is 3.09. The Bertz CT molecular complexity index is 1010. The molecule has 0 spiro atoms. The molecule has 25 heavy (non-hydrogen) atoms. The monoisotopic (exact) mass is 351 g/mol. The van der Waals surface area contributed by atoms with Crippen LogP contribution in [-0.4, -0.2) is 21.6 Å². The molecule has 0 saturated carbocycles. The number of hydrogen-bond donors (Lipinski definition) is 2. The highest BCUT2D eigenvalue weighted by atomic mass is 32.2. The van der Waals surface area contributed by atoms with E-state index < -0.39 is 0 Å². The summed E-state index contributed by atoms with van der Waals surface area (Å²) in [5, 5.41) is 5.62. The molecule has 126 valence electrons. The molecule has 6 heteroatoms. The van der Waals surface area contributed by atoms with Gasteiger partial charge >= 0.3 is 0 Å². The first-order valence-corrected chi connectivity index (χ1v) is 9.21. The van der Waals surface area contributed by atoms with Crippen molar-refractivity contribution in [2.24, 2.45) is 0 Å². The zero-order chi connectivity index (χ0) is 17.2. The predicted molar refractivity (Wildman–Crippen MR) is 100 cm³/mol. The van der Waals surface area contributed by atoms with Gasteiger partial charge in [-0.05, 0) is 42.2 Å². The number of aromatic nitrogens is 2. The van der Waals surface area contributed by atoms with Gasteiger partial charge in [-0.1, -0.05) is 42.1 Å². The zero-order valence-electron chi connectivity index (χ0n) is 13.5. The number of carbonyl (C=O) groups excluding carboxylic acids is 1. The summed E-state index contributed by atoms with van der Waals surface area (Å²) in [6, 6.07) is 13.8. The molecule has 0 bridgehead atoms. The smallest absolute Gasteiger partial charge is 0.254 e. The number of thioether (sulfide) groups is 1. The van der Waals surface area contributed by atoms with Crippen LogP contribution in [0.25, 0.3) is 10.8 Å². The average Bonchev–Trinajstić information content (AvgIpc) is 3.09. The van der Waals surface area contributed by atoms with Crippen molar-refractivity contribution in [3.05, 3.63) is 64.1 Å². The number of rotatable bonds is 4. The van der Waals surface area contributed by atoms with Crippen molar-refractivity contribution in [2.75, 3.05) is 11.1 Å². The Morgan fingerprint density at radius 1 is 1.16 bits per heavy atom. The summed E-state index contributed by atoms with van der Waals surface area (Å²) in [7, 11) is 0.